The van der Waals surface area contributed by atoms with Crippen molar-refractivity contribution in [3.63, 3.8) is 0 Å². The Kier molecular flexibility index (Phi) is 4.23. The Morgan fingerprint density at radius 3 is 2.95 bits per heavy atom. The van der Waals surface area contributed by atoms with Crippen molar-refractivity contribution in [2.45, 2.75) is 56.7 Å². The average molecular weight is 277 g/mol. The summed E-state index contributed by atoms with van der Waals surface area (Å²) >= 11 is 0. The number of hydrogen-bond donors (Lipinski definition) is 1. The van der Waals surface area contributed by atoms with Crippen LogP contribution in [0.4, 0.5) is 0 Å². The first-order chi connectivity index (χ1) is 9.78. The highest BCUT2D eigenvalue weighted by Gasteiger charge is 2.37. The van der Waals surface area contributed by atoms with Crippen LogP contribution in [0, 0.1) is 17.2 Å². The van der Waals surface area contributed by atoms with Gasteiger partial charge in [0.25, 0.3) is 0 Å². The van der Waals surface area contributed by atoms with Crippen molar-refractivity contribution in [2.24, 2.45) is 5.92 Å². The van der Waals surface area contributed by atoms with Gasteiger partial charge >= 0.3 is 0 Å². The van der Waals surface area contributed by atoms with E-state index in [1.165, 1.54) is 32.1 Å². The number of fused-ring (bicyclic) bond motifs is 1. The molecule has 2 heterocycles. The molecule has 0 aromatic rings. The van der Waals surface area contributed by atoms with Gasteiger partial charge in [0.1, 0.15) is 0 Å². The van der Waals surface area contributed by atoms with Gasteiger partial charge in [0.2, 0.25) is 5.91 Å². The largest absolute Gasteiger partial charge is 0.360 e. The summed E-state index contributed by atoms with van der Waals surface area (Å²) in [4.78, 5) is 14.4. The fraction of sp³-hybridized carbons (Fsp3) is 0.867. The second-order valence-electron chi connectivity index (χ2n) is 6.22. The van der Waals surface area contributed by atoms with Crippen molar-refractivity contribution in [3.05, 3.63) is 0 Å². The monoisotopic (exact) mass is 277 g/mol. The van der Waals surface area contributed by atoms with Crippen LogP contribution in [0.1, 0.15) is 38.5 Å². The molecule has 3 rings (SSSR count). The van der Waals surface area contributed by atoms with Gasteiger partial charge in [0.05, 0.1) is 25.3 Å². The lowest BCUT2D eigenvalue weighted by atomic mass is 9.77. The molecule has 4 unspecified atom stereocenters. The quantitative estimate of drug-likeness (QED) is 0.778. The number of rotatable bonds is 1. The molecule has 5 heteroatoms. The van der Waals surface area contributed by atoms with Crippen molar-refractivity contribution in [2.75, 3.05) is 19.7 Å². The van der Waals surface area contributed by atoms with Gasteiger partial charge in [-0.1, -0.05) is 12.8 Å². The van der Waals surface area contributed by atoms with Gasteiger partial charge < -0.3 is 15.0 Å². The molecule has 3 aliphatic rings. The Balaban J connectivity index is 1.58. The van der Waals surface area contributed by atoms with Crippen LogP contribution in [0.2, 0.25) is 0 Å². The van der Waals surface area contributed by atoms with E-state index in [1.54, 1.807) is 4.90 Å². The third-order valence-corrected chi connectivity index (χ3v) is 4.97. The lowest BCUT2D eigenvalue weighted by molar-refractivity contribution is -0.140. The minimum absolute atomic E-state index is 0.0493. The fourth-order valence-corrected chi connectivity index (χ4v) is 3.84. The number of nitriles is 1. The number of morpholine rings is 1. The zero-order chi connectivity index (χ0) is 13.9. The number of nitrogens with one attached hydrogen (secondary N) is 1. The molecule has 1 amide bonds. The van der Waals surface area contributed by atoms with Gasteiger partial charge in [-0.3, -0.25) is 4.79 Å². The molecule has 5 nitrogen and oxygen atoms in total. The maximum atomic E-state index is 12.6. The second kappa shape index (κ2) is 6.11. The van der Waals surface area contributed by atoms with Gasteiger partial charge in [-0.2, -0.15) is 5.26 Å². The molecule has 20 heavy (non-hydrogen) atoms. The molecule has 0 aromatic carbocycles. The summed E-state index contributed by atoms with van der Waals surface area (Å²) in [6.45, 7) is 1.51. The maximum absolute atomic E-state index is 12.6. The predicted octanol–water partition coefficient (Wildman–Crippen LogP) is 1.05. The van der Waals surface area contributed by atoms with E-state index >= 15 is 0 Å². The van der Waals surface area contributed by atoms with E-state index < -0.39 is 6.10 Å². The Hall–Kier alpha value is -1.12. The minimum atomic E-state index is -0.460. The summed E-state index contributed by atoms with van der Waals surface area (Å²) in [5.74, 6) is 0.932. The first kappa shape index (κ1) is 13.8. The van der Waals surface area contributed by atoms with Crippen molar-refractivity contribution in [1.82, 2.24) is 10.2 Å². The number of carbonyl (C=O) groups is 1. The molecule has 2 saturated heterocycles. The fourth-order valence-electron chi connectivity index (χ4n) is 3.84. The molecule has 0 aromatic heterocycles. The van der Waals surface area contributed by atoms with Gasteiger partial charge in [0.15, 0.2) is 6.10 Å². The van der Waals surface area contributed by atoms with Crippen LogP contribution >= 0.6 is 0 Å². The number of ether oxygens (including phenoxy) is 1. The number of piperidine rings is 1. The molecule has 1 aliphatic carbocycles. The van der Waals surface area contributed by atoms with Gasteiger partial charge in [-0.05, 0) is 31.6 Å². The van der Waals surface area contributed by atoms with E-state index in [-0.39, 0.29) is 11.9 Å². The Bertz CT molecular complexity index is 406. The third kappa shape index (κ3) is 2.82. The molecule has 110 valence electrons. The molecule has 0 bridgehead atoms. The van der Waals surface area contributed by atoms with Gasteiger partial charge in [-0.25, -0.2) is 0 Å². The van der Waals surface area contributed by atoms with E-state index in [4.69, 9.17) is 10.00 Å². The van der Waals surface area contributed by atoms with E-state index in [2.05, 4.69) is 11.4 Å². The predicted molar refractivity (Wildman–Crippen MR) is 73.8 cm³/mol. The summed E-state index contributed by atoms with van der Waals surface area (Å²) in [5.41, 5.74) is 0. The van der Waals surface area contributed by atoms with Crippen molar-refractivity contribution < 1.29 is 9.53 Å². The number of hydrogen-bond acceptors (Lipinski definition) is 4. The molecule has 0 radical (unpaired) electrons. The van der Waals surface area contributed by atoms with Gasteiger partial charge in [0, 0.05) is 12.6 Å². The maximum Gasteiger partial charge on any atom is 0.239 e. The topological polar surface area (TPSA) is 65.4 Å². The highest BCUT2D eigenvalue weighted by atomic mass is 16.5. The number of carbonyl (C=O) groups excluding carboxylic acids is 1. The summed E-state index contributed by atoms with van der Waals surface area (Å²) in [7, 11) is 0. The normalized spacial score (nSPS) is 37.9. The van der Waals surface area contributed by atoms with Crippen LogP contribution in [-0.4, -0.2) is 48.7 Å². The first-order valence-corrected chi connectivity index (χ1v) is 7.84. The Morgan fingerprint density at radius 2 is 2.10 bits per heavy atom. The van der Waals surface area contributed by atoms with Crippen LogP contribution in [0.5, 0.6) is 0 Å². The molecule has 1 saturated carbocycles. The summed E-state index contributed by atoms with van der Waals surface area (Å²) in [6.07, 6.45) is 6.79. The third-order valence-electron chi connectivity index (χ3n) is 4.97. The Labute approximate surface area is 120 Å². The van der Waals surface area contributed by atoms with E-state index in [1.807, 2.05) is 0 Å². The highest BCUT2D eigenvalue weighted by Crippen LogP contribution is 2.32. The number of nitrogens with zero attached hydrogens (tertiary/aromatic N) is 2. The summed E-state index contributed by atoms with van der Waals surface area (Å²) in [5, 5.41) is 12.5. The average Bonchev–Trinajstić information content (AvgIpc) is 2.53. The second-order valence-corrected chi connectivity index (χ2v) is 6.22. The zero-order valence-corrected chi connectivity index (χ0v) is 11.9. The van der Waals surface area contributed by atoms with Crippen molar-refractivity contribution in [1.29, 1.82) is 5.26 Å². The molecule has 0 spiro atoms. The lowest BCUT2D eigenvalue weighted by Crippen LogP contribution is -2.58. The van der Waals surface area contributed by atoms with Crippen LogP contribution in [0.25, 0.3) is 0 Å². The molecule has 2 aliphatic heterocycles. The van der Waals surface area contributed by atoms with E-state index in [0.717, 1.165) is 12.3 Å². The highest BCUT2D eigenvalue weighted by molar-refractivity contribution is 5.82. The smallest absolute Gasteiger partial charge is 0.239 e. The summed E-state index contributed by atoms with van der Waals surface area (Å²) < 4.78 is 5.31. The molecule has 4 atom stereocenters. The SMILES string of the molecule is N#CC1CN(C(=O)C2CCC3CCCCC3N2)CCO1. The molecular weight excluding hydrogens is 254 g/mol. The zero-order valence-electron chi connectivity index (χ0n) is 11.9. The van der Waals surface area contributed by atoms with E-state index in [0.29, 0.717) is 25.7 Å². The molecule has 3 fully saturated rings. The van der Waals surface area contributed by atoms with Gasteiger partial charge in [-0.15, -0.1) is 0 Å². The molecule has 1 N–H and O–H groups in total. The van der Waals surface area contributed by atoms with Crippen molar-refractivity contribution in [3.8, 4) is 6.07 Å². The van der Waals surface area contributed by atoms with Crippen molar-refractivity contribution >= 4 is 5.91 Å². The number of amides is 1. The Morgan fingerprint density at radius 1 is 1.25 bits per heavy atom. The van der Waals surface area contributed by atoms with Crippen LogP contribution < -0.4 is 5.32 Å². The minimum Gasteiger partial charge on any atom is -0.360 e. The first-order valence-electron chi connectivity index (χ1n) is 7.84. The lowest BCUT2D eigenvalue weighted by Gasteiger charge is -2.42. The van der Waals surface area contributed by atoms with Crippen LogP contribution in [-0.2, 0) is 9.53 Å². The molecular formula is C15H23N3O2. The van der Waals surface area contributed by atoms with E-state index in [9.17, 15) is 4.79 Å². The summed E-state index contributed by atoms with van der Waals surface area (Å²) in [6, 6.07) is 2.58. The van der Waals surface area contributed by atoms with Crippen LogP contribution in [0.3, 0.4) is 0 Å². The van der Waals surface area contributed by atoms with Crippen LogP contribution in [0.15, 0.2) is 0 Å². The standard InChI is InChI=1S/C15H23N3O2/c16-9-12-10-18(7-8-20-12)15(19)14-6-5-11-3-1-2-4-13(11)17-14/h11-14,17H,1-8,10H2.